The summed E-state index contributed by atoms with van der Waals surface area (Å²) in [6, 6.07) is 11.9. The summed E-state index contributed by atoms with van der Waals surface area (Å²) in [4.78, 5) is 0.218. The van der Waals surface area contributed by atoms with Gasteiger partial charge in [-0.05, 0) is 42.7 Å². The number of benzene rings is 2. The highest BCUT2D eigenvalue weighted by molar-refractivity contribution is 7.92. The van der Waals surface area contributed by atoms with Gasteiger partial charge in [0.2, 0.25) is 10.0 Å². The highest BCUT2D eigenvalue weighted by Gasteiger charge is 2.40. The Kier molecular flexibility index (Phi) is 4.92. The van der Waals surface area contributed by atoms with Crippen molar-refractivity contribution in [3.63, 3.8) is 0 Å². The Bertz CT molecular complexity index is 983. The van der Waals surface area contributed by atoms with Crippen LogP contribution in [0.4, 0.5) is 0 Å². The average molecular weight is 382 g/mol. The summed E-state index contributed by atoms with van der Waals surface area (Å²) in [5.74, 6) is -0.0397. The molecule has 0 saturated carbocycles. The van der Waals surface area contributed by atoms with E-state index in [0.29, 0.717) is 12.8 Å². The van der Waals surface area contributed by atoms with Crippen LogP contribution in [0.2, 0.25) is 0 Å². The average Bonchev–Trinajstić information content (AvgIpc) is 2.93. The maximum absolute atomic E-state index is 13.3. The molecule has 0 N–H and O–H groups in total. The molecular weight excluding hydrogens is 358 g/mol. The van der Waals surface area contributed by atoms with Crippen LogP contribution in [0.25, 0.3) is 10.8 Å². The van der Waals surface area contributed by atoms with Gasteiger partial charge in [-0.2, -0.15) is 4.31 Å². The van der Waals surface area contributed by atoms with Crippen LogP contribution in [0.1, 0.15) is 26.7 Å². The molecule has 0 amide bonds. The number of rotatable bonds is 5. The molecule has 0 aromatic heterocycles. The van der Waals surface area contributed by atoms with E-state index in [9.17, 15) is 16.8 Å². The van der Waals surface area contributed by atoms with Crippen LogP contribution in [-0.4, -0.2) is 44.7 Å². The third-order valence-corrected chi connectivity index (χ3v) is 8.70. The van der Waals surface area contributed by atoms with Crippen LogP contribution < -0.4 is 0 Å². The van der Waals surface area contributed by atoms with Crippen LogP contribution in [0.15, 0.2) is 47.4 Å². The number of nitrogens with zero attached hydrogens (tertiary/aromatic N) is 1. The lowest BCUT2D eigenvalue weighted by molar-refractivity contribution is 0.271. The lowest BCUT2D eigenvalue weighted by Gasteiger charge is -2.32. The molecule has 0 unspecified atom stereocenters. The SMILES string of the molecule is CC[C@@H](C)N([C@@H]1CCS(=O)(=O)C1)S(=O)(=O)c1ccc2ccccc2c1. The maximum Gasteiger partial charge on any atom is 0.243 e. The molecular formula is C18H23NO4S2. The smallest absolute Gasteiger partial charge is 0.229 e. The zero-order chi connectivity index (χ0) is 18.2. The van der Waals surface area contributed by atoms with Gasteiger partial charge in [0, 0.05) is 12.1 Å². The van der Waals surface area contributed by atoms with Gasteiger partial charge in [0.1, 0.15) is 0 Å². The van der Waals surface area contributed by atoms with E-state index in [4.69, 9.17) is 0 Å². The third kappa shape index (κ3) is 3.59. The first kappa shape index (κ1) is 18.4. The lowest BCUT2D eigenvalue weighted by atomic mass is 10.1. The highest BCUT2D eigenvalue weighted by Crippen LogP contribution is 2.29. The van der Waals surface area contributed by atoms with Gasteiger partial charge in [-0.25, -0.2) is 16.8 Å². The van der Waals surface area contributed by atoms with Crippen molar-refractivity contribution in [1.29, 1.82) is 0 Å². The van der Waals surface area contributed by atoms with E-state index < -0.39 is 25.9 Å². The fraction of sp³-hybridized carbons (Fsp3) is 0.444. The second-order valence-electron chi connectivity index (χ2n) is 6.66. The molecule has 136 valence electrons. The number of fused-ring (bicyclic) bond motifs is 1. The number of hydrogen-bond acceptors (Lipinski definition) is 4. The third-order valence-electron chi connectivity index (χ3n) is 4.89. The highest BCUT2D eigenvalue weighted by atomic mass is 32.2. The quantitative estimate of drug-likeness (QED) is 0.798. The second kappa shape index (κ2) is 6.70. The molecule has 5 nitrogen and oxygen atoms in total. The van der Waals surface area contributed by atoms with Gasteiger partial charge >= 0.3 is 0 Å². The van der Waals surface area contributed by atoms with Crippen molar-refractivity contribution in [2.75, 3.05) is 11.5 Å². The molecule has 0 radical (unpaired) electrons. The predicted molar refractivity (Wildman–Crippen MR) is 99.8 cm³/mol. The van der Waals surface area contributed by atoms with Gasteiger partial charge in [0.25, 0.3) is 0 Å². The fourth-order valence-corrected chi connectivity index (χ4v) is 7.16. The Balaban J connectivity index is 2.06. The summed E-state index contributed by atoms with van der Waals surface area (Å²) in [5.41, 5.74) is 0. The van der Waals surface area contributed by atoms with E-state index in [0.717, 1.165) is 10.8 Å². The molecule has 3 rings (SSSR count). The van der Waals surface area contributed by atoms with Gasteiger partial charge in [-0.1, -0.05) is 37.3 Å². The van der Waals surface area contributed by atoms with Crippen molar-refractivity contribution in [2.45, 2.75) is 43.7 Å². The molecule has 1 saturated heterocycles. The summed E-state index contributed by atoms with van der Waals surface area (Å²) in [7, 11) is -6.93. The van der Waals surface area contributed by atoms with Gasteiger partial charge < -0.3 is 0 Å². The van der Waals surface area contributed by atoms with Crippen molar-refractivity contribution in [1.82, 2.24) is 4.31 Å². The first-order valence-electron chi connectivity index (χ1n) is 8.47. The molecule has 1 fully saturated rings. The van der Waals surface area contributed by atoms with Crippen LogP contribution in [0.5, 0.6) is 0 Å². The minimum absolute atomic E-state index is 0.0534. The van der Waals surface area contributed by atoms with Gasteiger partial charge in [-0.15, -0.1) is 0 Å². The molecule has 2 atom stereocenters. The van der Waals surface area contributed by atoms with Crippen molar-refractivity contribution in [3.8, 4) is 0 Å². The van der Waals surface area contributed by atoms with Crippen molar-refractivity contribution >= 4 is 30.6 Å². The summed E-state index contributed by atoms with van der Waals surface area (Å²) in [6.45, 7) is 3.75. The van der Waals surface area contributed by atoms with E-state index in [1.54, 1.807) is 18.2 Å². The molecule has 2 aromatic rings. The monoisotopic (exact) mass is 381 g/mol. The number of sulfone groups is 1. The van der Waals surface area contributed by atoms with Crippen molar-refractivity contribution in [3.05, 3.63) is 42.5 Å². The number of sulfonamides is 1. The first-order valence-corrected chi connectivity index (χ1v) is 11.7. The van der Waals surface area contributed by atoms with Gasteiger partial charge in [-0.3, -0.25) is 0 Å². The Morgan fingerprint density at radius 3 is 2.44 bits per heavy atom. The summed E-state index contributed by atoms with van der Waals surface area (Å²) in [5, 5.41) is 1.83. The minimum Gasteiger partial charge on any atom is -0.229 e. The van der Waals surface area contributed by atoms with Gasteiger partial charge in [0.05, 0.1) is 16.4 Å². The molecule has 1 heterocycles. The largest absolute Gasteiger partial charge is 0.243 e. The van der Waals surface area contributed by atoms with Crippen LogP contribution in [0, 0.1) is 0 Å². The molecule has 0 bridgehead atoms. The Morgan fingerprint density at radius 1 is 1.16 bits per heavy atom. The normalized spacial score (nSPS) is 21.6. The molecule has 2 aromatic carbocycles. The lowest BCUT2D eigenvalue weighted by Crippen LogP contribution is -2.46. The van der Waals surface area contributed by atoms with E-state index in [2.05, 4.69) is 0 Å². The fourth-order valence-electron chi connectivity index (χ4n) is 3.40. The first-order chi connectivity index (χ1) is 11.7. The summed E-state index contributed by atoms with van der Waals surface area (Å²) in [6.07, 6.45) is 0.989. The predicted octanol–water partition coefficient (Wildman–Crippen LogP) is 2.82. The van der Waals surface area contributed by atoms with Crippen molar-refractivity contribution in [2.24, 2.45) is 0 Å². The molecule has 1 aliphatic rings. The minimum atomic E-state index is -3.77. The standard InChI is InChI=1S/C18H23NO4S2/c1-3-14(2)19(17-10-11-24(20,21)13-17)25(22,23)18-9-8-15-6-4-5-7-16(15)12-18/h4-9,12,14,17H,3,10-11,13H2,1-2H3/t14-,17-/m1/s1. The second-order valence-corrected chi connectivity index (χ2v) is 10.7. The van der Waals surface area contributed by atoms with Crippen LogP contribution in [-0.2, 0) is 19.9 Å². The summed E-state index contributed by atoms with van der Waals surface area (Å²) >= 11 is 0. The zero-order valence-corrected chi connectivity index (χ0v) is 16.1. The van der Waals surface area contributed by atoms with E-state index in [-0.39, 0.29) is 22.4 Å². The molecule has 25 heavy (non-hydrogen) atoms. The van der Waals surface area contributed by atoms with Crippen LogP contribution >= 0.6 is 0 Å². The topological polar surface area (TPSA) is 71.5 Å². The molecule has 0 aliphatic carbocycles. The van der Waals surface area contributed by atoms with E-state index in [1.807, 2.05) is 38.1 Å². The maximum atomic E-state index is 13.3. The Labute approximate surface area is 149 Å². The van der Waals surface area contributed by atoms with E-state index >= 15 is 0 Å². The molecule has 7 heteroatoms. The molecule has 0 spiro atoms. The van der Waals surface area contributed by atoms with E-state index in [1.165, 1.54) is 4.31 Å². The zero-order valence-electron chi connectivity index (χ0n) is 14.4. The van der Waals surface area contributed by atoms with Crippen molar-refractivity contribution < 1.29 is 16.8 Å². The Hall–Kier alpha value is -1.44. The van der Waals surface area contributed by atoms with Gasteiger partial charge in [0.15, 0.2) is 9.84 Å². The number of hydrogen-bond donors (Lipinski definition) is 0. The Morgan fingerprint density at radius 2 is 1.84 bits per heavy atom. The summed E-state index contributed by atoms with van der Waals surface area (Å²) < 4.78 is 51.8. The van der Waals surface area contributed by atoms with Crippen LogP contribution in [0.3, 0.4) is 0 Å². The molecule has 1 aliphatic heterocycles.